The number of benzene rings is 1. The number of amides is 1. The summed E-state index contributed by atoms with van der Waals surface area (Å²) in [6, 6.07) is 7.16. The molecule has 0 atom stereocenters. The largest absolute Gasteiger partial charge is 0.481 e. The van der Waals surface area contributed by atoms with Crippen LogP contribution in [0.3, 0.4) is 0 Å². The first kappa shape index (κ1) is 27.6. The van der Waals surface area contributed by atoms with E-state index in [4.69, 9.17) is 31.3 Å². The minimum Gasteiger partial charge on any atom is -0.481 e. The van der Waals surface area contributed by atoms with Gasteiger partial charge in [0, 0.05) is 28.8 Å². The molecule has 12 heteroatoms. The van der Waals surface area contributed by atoms with E-state index in [2.05, 4.69) is 4.98 Å². The zero-order chi connectivity index (χ0) is 24.2. The second-order valence-corrected chi connectivity index (χ2v) is 7.25. The maximum atomic E-state index is 10.9. The van der Waals surface area contributed by atoms with Gasteiger partial charge in [-0.05, 0) is 26.0 Å². The van der Waals surface area contributed by atoms with Gasteiger partial charge in [-0.15, -0.1) is 11.3 Å². The van der Waals surface area contributed by atoms with Crippen molar-refractivity contribution in [1.82, 2.24) is 4.98 Å². The van der Waals surface area contributed by atoms with Crippen molar-refractivity contribution in [3.63, 3.8) is 0 Å². The van der Waals surface area contributed by atoms with E-state index in [9.17, 15) is 19.2 Å². The molecule has 0 radical (unpaired) electrons. The highest BCUT2D eigenvalue weighted by molar-refractivity contribution is 7.13. The van der Waals surface area contributed by atoms with Crippen LogP contribution in [0.4, 0.5) is 0 Å². The summed E-state index contributed by atoms with van der Waals surface area (Å²) in [7, 11) is 0. The molecule has 170 valence electrons. The van der Waals surface area contributed by atoms with Crippen molar-refractivity contribution in [2.45, 2.75) is 38.4 Å². The van der Waals surface area contributed by atoms with Crippen LogP contribution in [0.25, 0.3) is 10.6 Å². The number of carboxylic acid groups (broad SMARTS) is 3. The fourth-order valence-corrected chi connectivity index (χ4v) is 2.52. The predicted molar refractivity (Wildman–Crippen MR) is 111 cm³/mol. The van der Waals surface area contributed by atoms with Crippen LogP contribution in [0.1, 0.15) is 37.0 Å². The number of aliphatic hydroxyl groups is 2. The summed E-state index contributed by atoms with van der Waals surface area (Å²) in [5.74, 6) is -5.43. The van der Waals surface area contributed by atoms with Crippen LogP contribution < -0.4 is 5.73 Å². The summed E-state index contributed by atoms with van der Waals surface area (Å²) < 4.78 is 0. The van der Waals surface area contributed by atoms with Crippen LogP contribution >= 0.6 is 11.3 Å². The maximum absolute atomic E-state index is 10.9. The number of aliphatic hydroxyl groups excluding tert-OH is 1. The third-order valence-electron chi connectivity index (χ3n) is 3.11. The zero-order valence-electron chi connectivity index (χ0n) is 16.8. The molecule has 1 aromatic heterocycles. The van der Waals surface area contributed by atoms with Gasteiger partial charge in [-0.25, -0.2) is 9.78 Å². The Balaban J connectivity index is 0.000000498. The SMILES string of the molecule is CC(C)O.NC(=O)c1cccc(-c2nccs2)c1.O=C(O)CC(O)(CC(=O)O)C(=O)O. The van der Waals surface area contributed by atoms with E-state index in [1.54, 1.807) is 38.2 Å². The molecule has 0 unspecified atom stereocenters. The Kier molecular flexibility index (Phi) is 11.6. The number of carboxylic acids is 3. The lowest BCUT2D eigenvalue weighted by molar-refractivity contribution is -0.170. The van der Waals surface area contributed by atoms with Gasteiger partial charge in [-0.3, -0.25) is 14.4 Å². The molecule has 2 rings (SSSR count). The van der Waals surface area contributed by atoms with Crippen LogP contribution in [-0.2, 0) is 14.4 Å². The predicted octanol–water partition coefficient (Wildman–Crippen LogP) is 1.05. The highest BCUT2D eigenvalue weighted by Gasteiger charge is 2.40. The minimum absolute atomic E-state index is 0.167. The van der Waals surface area contributed by atoms with E-state index in [-0.39, 0.29) is 6.10 Å². The number of nitrogens with zero attached hydrogens (tertiary/aromatic N) is 1. The van der Waals surface area contributed by atoms with Crippen molar-refractivity contribution >= 4 is 35.2 Å². The van der Waals surface area contributed by atoms with E-state index in [0.29, 0.717) is 5.56 Å². The zero-order valence-corrected chi connectivity index (χ0v) is 17.6. The van der Waals surface area contributed by atoms with Gasteiger partial charge in [0.1, 0.15) is 5.01 Å². The molecule has 31 heavy (non-hydrogen) atoms. The van der Waals surface area contributed by atoms with E-state index in [0.717, 1.165) is 10.6 Å². The highest BCUT2D eigenvalue weighted by Crippen LogP contribution is 2.22. The summed E-state index contributed by atoms with van der Waals surface area (Å²) in [5.41, 5.74) is 3.88. The molecule has 1 heterocycles. The topological polar surface area (TPSA) is 208 Å². The number of aliphatic carboxylic acids is 3. The maximum Gasteiger partial charge on any atom is 0.336 e. The number of rotatable bonds is 7. The molecule has 11 nitrogen and oxygen atoms in total. The number of hydrogen-bond donors (Lipinski definition) is 6. The number of aromatic nitrogens is 1. The summed E-state index contributed by atoms with van der Waals surface area (Å²) in [5, 5.41) is 44.7. The quantitative estimate of drug-likeness (QED) is 0.349. The fourth-order valence-electron chi connectivity index (χ4n) is 1.89. The summed E-state index contributed by atoms with van der Waals surface area (Å²) in [4.78, 5) is 45.6. The van der Waals surface area contributed by atoms with Crippen LogP contribution in [0.2, 0.25) is 0 Å². The van der Waals surface area contributed by atoms with E-state index < -0.39 is 42.3 Å². The fraction of sp³-hybridized carbons (Fsp3) is 0.316. The first-order valence-electron chi connectivity index (χ1n) is 8.65. The van der Waals surface area contributed by atoms with Gasteiger partial charge in [0.05, 0.1) is 12.8 Å². The van der Waals surface area contributed by atoms with Crippen molar-refractivity contribution in [3.05, 3.63) is 41.4 Å². The summed E-state index contributed by atoms with van der Waals surface area (Å²) >= 11 is 1.53. The first-order valence-corrected chi connectivity index (χ1v) is 9.53. The van der Waals surface area contributed by atoms with Gasteiger partial charge in [0.15, 0.2) is 5.60 Å². The number of primary amides is 1. The van der Waals surface area contributed by atoms with E-state index in [1.165, 1.54) is 11.3 Å². The molecular weight excluding hydrogens is 432 g/mol. The van der Waals surface area contributed by atoms with E-state index in [1.807, 2.05) is 11.4 Å². The molecule has 0 spiro atoms. The molecular formula is C19H24N2O9S. The van der Waals surface area contributed by atoms with Crippen molar-refractivity contribution in [2.75, 3.05) is 0 Å². The molecule has 2 aromatic rings. The van der Waals surface area contributed by atoms with Crippen molar-refractivity contribution in [1.29, 1.82) is 0 Å². The minimum atomic E-state index is -2.74. The molecule has 0 aliphatic heterocycles. The highest BCUT2D eigenvalue weighted by atomic mass is 32.1. The lowest BCUT2D eigenvalue weighted by Gasteiger charge is -2.18. The number of carbonyl (C=O) groups is 4. The van der Waals surface area contributed by atoms with Gasteiger partial charge in [-0.2, -0.15) is 0 Å². The molecule has 1 aromatic carbocycles. The van der Waals surface area contributed by atoms with Gasteiger partial charge in [0.25, 0.3) is 0 Å². The third kappa shape index (κ3) is 11.4. The van der Waals surface area contributed by atoms with Crippen LogP contribution in [0, 0.1) is 0 Å². The lowest BCUT2D eigenvalue weighted by Crippen LogP contribution is -2.42. The van der Waals surface area contributed by atoms with Gasteiger partial charge in [-0.1, -0.05) is 12.1 Å². The Labute approximate surface area is 181 Å². The summed E-state index contributed by atoms with van der Waals surface area (Å²) in [6.45, 7) is 3.44. The monoisotopic (exact) mass is 456 g/mol. The molecule has 0 aliphatic carbocycles. The summed E-state index contributed by atoms with van der Waals surface area (Å²) in [6.07, 6.45) is -0.722. The molecule has 0 bridgehead atoms. The smallest absolute Gasteiger partial charge is 0.336 e. The second-order valence-electron chi connectivity index (χ2n) is 6.35. The van der Waals surface area contributed by atoms with Crippen molar-refractivity contribution < 1.29 is 44.7 Å². The van der Waals surface area contributed by atoms with Crippen LogP contribution in [0.15, 0.2) is 35.8 Å². The molecule has 0 aliphatic rings. The number of thiazole rings is 1. The van der Waals surface area contributed by atoms with Crippen LogP contribution in [0.5, 0.6) is 0 Å². The average molecular weight is 456 g/mol. The van der Waals surface area contributed by atoms with Gasteiger partial charge < -0.3 is 31.3 Å². The van der Waals surface area contributed by atoms with Crippen LogP contribution in [-0.4, -0.2) is 66.0 Å². The number of hydrogen-bond acceptors (Lipinski definition) is 8. The Morgan fingerprint density at radius 3 is 1.97 bits per heavy atom. The lowest BCUT2D eigenvalue weighted by atomic mass is 9.96. The Morgan fingerprint density at radius 2 is 1.61 bits per heavy atom. The van der Waals surface area contributed by atoms with Gasteiger partial charge >= 0.3 is 17.9 Å². The Bertz CT molecular complexity index is 864. The average Bonchev–Trinajstić information content (AvgIpc) is 3.15. The number of nitrogens with two attached hydrogens (primary N) is 1. The molecule has 0 fully saturated rings. The second kappa shape index (κ2) is 13.1. The molecule has 0 saturated carbocycles. The normalized spacial score (nSPS) is 10.2. The molecule has 7 N–H and O–H groups in total. The molecule has 0 saturated heterocycles. The number of carbonyl (C=O) groups excluding carboxylic acids is 1. The standard InChI is InChI=1S/C10H8N2OS.C6H8O7.C3H8O/c11-9(13)7-2-1-3-8(6-7)10-12-4-5-14-10;7-3(8)1-6(13,5(11)12)2-4(9)10;1-3(2)4/h1-6H,(H2,11,13);13H,1-2H2,(H,7,8)(H,9,10)(H,11,12);3-4H,1-2H3. The third-order valence-corrected chi connectivity index (χ3v) is 3.93. The van der Waals surface area contributed by atoms with E-state index >= 15 is 0 Å². The molecule has 1 amide bonds. The Hall–Kier alpha value is -3.35. The van der Waals surface area contributed by atoms with Gasteiger partial charge in [0.2, 0.25) is 5.91 Å². The van der Waals surface area contributed by atoms with Crippen molar-refractivity contribution in [2.24, 2.45) is 5.73 Å². The Morgan fingerprint density at radius 1 is 1.10 bits per heavy atom. The van der Waals surface area contributed by atoms with Crippen molar-refractivity contribution in [3.8, 4) is 10.6 Å². The first-order chi connectivity index (χ1) is 14.3.